The first-order chi connectivity index (χ1) is 12.6. The Morgan fingerprint density at radius 3 is 2.58 bits per heavy atom. The summed E-state index contributed by atoms with van der Waals surface area (Å²) in [7, 11) is 1.62. The van der Waals surface area contributed by atoms with Crippen LogP contribution in [-0.4, -0.2) is 60.1 Å². The van der Waals surface area contributed by atoms with E-state index < -0.39 is 12.0 Å². The van der Waals surface area contributed by atoms with Crippen molar-refractivity contribution in [1.82, 2.24) is 9.80 Å². The van der Waals surface area contributed by atoms with Crippen LogP contribution in [0.1, 0.15) is 26.8 Å². The fourth-order valence-corrected chi connectivity index (χ4v) is 3.96. The SMILES string of the molecule is COCc1cccc(C(C(=O)O)N2CCN(C(=O)c3cccs3)CC2)c1. The molecule has 2 aromatic rings. The summed E-state index contributed by atoms with van der Waals surface area (Å²) >= 11 is 1.43. The minimum atomic E-state index is -0.877. The Labute approximate surface area is 156 Å². The highest BCUT2D eigenvalue weighted by Gasteiger charge is 2.32. The lowest BCUT2D eigenvalue weighted by Gasteiger charge is -2.37. The van der Waals surface area contributed by atoms with Gasteiger partial charge in [0.25, 0.3) is 5.91 Å². The van der Waals surface area contributed by atoms with E-state index in [1.807, 2.05) is 46.7 Å². The van der Waals surface area contributed by atoms with Crippen LogP contribution in [0.4, 0.5) is 0 Å². The molecule has 1 N–H and O–H groups in total. The zero-order valence-corrected chi connectivity index (χ0v) is 15.4. The molecule has 1 aliphatic rings. The number of carbonyl (C=O) groups excluding carboxylic acids is 1. The molecule has 6 nitrogen and oxygen atoms in total. The zero-order valence-electron chi connectivity index (χ0n) is 14.6. The Morgan fingerprint density at radius 2 is 1.96 bits per heavy atom. The molecule has 2 heterocycles. The summed E-state index contributed by atoms with van der Waals surface area (Å²) in [5, 5.41) is 11.7. The molecular weight excluding hydrogens is 352 g/mol. The number of carboxylic acid groups (broad SMARTS) is 1. The molecule has 0 spiro atoms. The Kier molecular flexibility index (Phi) is 6.03. The lowest BCUT2D eigenvalue weighted by molar-refractivity contribution is -0.144. The van der Waals surface area contributed by atoms with Crippen LogP contribution in [0, 0.1) is 0 Å². The predicted molar refractivity (Wildman–Crippen MR) is 99.3 cm³/mol. The van der Waals surface area contributed by atoms with Gasteiger partial charge in [-0.1, -0.05) is 30.3 Å². The Bertz CT molecular complexity index is 755. The molecule has 26 heavy (non-hydrogen) atoms. The van der Waals surface area contributed by atoms with E-state index in [0.29, 0.717) is 32.8 Å². The number of rotatable bonds is 6. The average molecular weight is 374 g/mol. The van der Waals surface area contributed by atoms with Crippen molar-refractivity contribution in [3.8, 4) is 0 Å². The summed E-state index contributed by atoms with van der Waals surface area (Å²) in [6.07, 6.45) is 0. The van der Waals surface area contributed by atoms with Gasteiger partial charge in [0.2, 0.25) is 0 Å². The molecule has 0 radical (unpaired) electrons. The van der Waals surface area contributed by atoms with Crippen molar-refractivity contribution in [3.63, 3.8) is 0 Å². The largest absolute Gasteiger partial charge is 0.480 e. The van der Waals surface area contributed by atoms with Crippen LogP contribution in [-0.2, 0) is 16.1 Å². The number of hydrogen-bond acceptors (Lipinski definition) is 5. The summed E-state index contributed by atoms with van der Waals surface area (Å²) in [5.74, 6) is -0.855. The number of thiophene rings is 1. The molecular formula is C19H22N2O4S. The lowest BCUT2D eigenvalue weighted by Crippen LogP contribution is -2.50. The fourth-order valence-electron chi connectivity index (χ4n) is 3.27. The highest BCUT2D eigenvalue weighted by atomic mass is 32.1. The van der Waals surface area contributed by atoms with Crippen molar-refractivity contribution in [2.24, 2.45) is 0 Å². The van der Waals surface area contributed by atoms with Gasteiger partial charge in [-0.2, -0.15) is 0 Å². The summed E-state index contributed by atoms with van der Waals surface area (Å²) < 4.78 is 5.14. The van der Waals surface area contributed by atoms with Crippen molar-refractivity contribution in [3.05, 3.63) is 57.8 Å². The smallest absolute Gasteiger partial charge is 0.325 e. The number of nitrogens with zero attached hydrogens (tertiary/aromatic N) is 2. The van der Waals surface area contributed by atoms with Gasteiger partial charge < -0.3 is 14.7 Å². The average Bonchev–Trinajstić information content (AvgIpc) is 3.17. The van der Waals surface area contributed by atoms with E-state index in [1.54, 1.807) is 12.0 Å². The number of hydrogen-bond donors (Lipinski definition) is 1. The van der Waals surface area contributed by atoms with Gasteiger partial charge >= 0.3 is 5.97 Å². The number of carbonyl (C=O) groups is 2. The van der Waals surface area contributed by atoms with E-state index in [9.17, 15) is 14.7 Å². The van der Waals surface area contributed by atoms with Crippen LogP contribution in [0.15, 0.2) is 41.8 Å². The van der Waals surface area contributed by atoms with Gasteiger partial charge in [0, 0.05) is 33.3 Å². The quantitative estimate of drug-likeness (QED) is 0.841. The second-order valence-electron chi connectivity index (χ2n) is 6.22. The highest BCUT2D eigenvalue weighted by Crippen LogP contribution is 2.24. The molecule has 0 saturated carbocycles. The number of ether oxygens (including phenoxy) is 1. The van der Waals surface area contributed by atoms with Gasteiger partial charge in [-0.3, -0.25) is 14.5 Å². The maximum absolute atomic E-state index is 12.4. The highest BCUT2D eigenvalue weighted by molar-refractivity contribution is 7.12. The Morgan fingerprint density at radius 1 is 1.19 bits per heavy atom. The fraction of sp³-hybridized carbons (Fsp3) is 0.368. The number of aliphatic carboxylic acids is 1. The van der Waals surface area contributed by atoms with Crippen molar-refractivity contribution in [1.29, 1.82) is 0 Å². The topological polar surface area (TPSA) is 70.1 Å². The van der Waals surface area contributed by atoms with Crippen LogP contribution < -0.4 is 0 Å². The van der Waals surface area contributed by atoms with E-state index >= 15 is 0 Å². The molecule has 1 aliphatic heterocycles. The van der Waals surface area contributed by atoms with E-state index in [-0.39, 0.29) is 5.91 Å². The van der Waals surface area contributed by atoms with Crippen molar-refractivity contribution < 1.29 is 19.4 Å². The first kappa shape index (κ1) is 18.6. The summed E-state index contributed by atoms with van der Waals surface area (Å²) in [5.41, 5.74) is 1.69. The monoisotopic (exact) mass is 374 g/mol. The first-order valence-electron chi connectivity index (χ1n) is 8.47. The van der Waals surface area contributed by atoms with Crippen LogP contribution in [0.3, 0.4) is 0 Å². The normalized spacial score (nSPS) is 16.4. The molecule has 1 unspecified atom stereocenters. The van der Waals surface area contributed by atoms with E-state index in [0.717, 1.165) is 16.0 Å². The maximum atomic E-state index is 12.4. The zero-order chi connectivity index (χ0) is 18.5. The number of amides is 1. The summed E-state index contributed by atoms with van der Waals surface area (Å²) in [6.45, 7) is 2.56. The Hall–Kier alpha value is -2.22. The summed E-state index contributed by atoms with van der Waals surface area (Å²) in [6, 6.07) is 10.5. The van der Waals surface area contributed by atoms with Gasteiger partial charge in [0.1, 0.15) is 6.04 Å². The molecule has 1 amide bonds. The first-order valence-corrected chi connectivity index (χ1v) is 9.35. The standard InChI is InChI=1S/C19H22N2O4S/c1-25-13-14-4-2-5-15(12-14)17(19(23)24)20-7-9-21(10-8-20)18(22)16-6-3-11-26-16/h2-6,11-12,17H,7-10,13H2,1H3,(H,23,24). The van der Waals surface area contributed by atoms with Crippen molar-refractivity contribution >= 4 is 23.2 Å². The van der Waals surface area contributed by atoms with E-state index in [1.165, 1.54) is 11.3 Å². The van der Waals surface area contributed by atoms with Crippen LogP contribution in [0.5, 0.6) is 0 Å². The molecule has 0 bridgehead atoms. The second-order valence-corrected chi connectivity index (χ2v) is 7.17. The van der Waals surface area contributed by atoms with Crippen molar-refractivity contribution in [2.45, 2.75) is 12.6 Å². The molecule has 0 aliphatic carbocycles. The van der Waals surface area contributed by atoms with Crippen LogP contribution >= 0.6 is 11.3 Å². The number of methoxy groups -OCH3 is 1. The molecule has 1 fully saturated rings. The third-order valence-electron chi connectivity index (χ3n) is 4.51. The van der Waals surface area contributed by atoms with Crippen LogP contribution in [0.2, 0.25) is 0 Å². The predicted octanol–water partition coefficient (Wildman–Crippen LogP) is 2.48. The van der Waals surface area contributed by atoms with Crippen LogP contribution in [0.25, 0.3) is 0 Å². The molecule has 1 aromatic heterocycles. The number of benzene rings is 1. The lowest BCUT2D eigenvalue weighted by atomic mass is 10.0. The molecule has 1 saturated heterocycles. The Balaban J connectivity index is 1.70. The van der Waals surface area contributed by atoms with Crippen molar-refractivity contribution in [2.75, 3.05) is 33.3 Å². The van der Waals surface area contributed by atoms with E-state index in [2.05, 4.69) is 0 Å². The van der Waals surface area contributed by atoms with Gasteiger partial charge in [-0.05, 0) is 22.6 Å². The van der Waals surface area contributed by atoms with Gasteiger partial charge in [0.05, 0.1) is 11.5 Å². The number of piperazine rings is 1. The summed E-state index contributed by atoms with van der Waals surface area (Å²) in [4.78, 5) is 28.8. The minimum Gasteiger partial charge on any atom is -0.480 e. The number of carboxylic acids is 1. The molecule has 7 heteroatoms. The van der Waals surface area contributed by atoms with Gasteiger partial charge in [-0.15, -0.1) is 11.3 Å². The molecule has 138 valence electrons. The van der Waals surface area contributed by atoms with Gasteiger partial charge in [0.15, 0.2) is 0 Å². The maximum Gasteiger partial charge on any atom is 0.325 e. The van der Waals surface area contributed by atoms with Gasteiger partial charge in [-0.25, -0.2) is 0 Å². The molecule has 1 aromatic carbocycles. The third kappa shape index (κ3) is 4.12. The third-order valence-corrected chi connectivity index (χ3v) is 5.37. The minimum absolute atomic E-state index is 0.0219. The second kappa shape index (κ2) is 8.44. The molecule has 3 rings (SSSR count). The van der Waals surface area contributed by atoms with E-state index in [4.69, 9.17) is 4.74 Å². The molecule has 1 atom stereocenters.